The molecule has 0 aliphatic heterocycles. The summed E-state index contributed by atoms with van der Waals surface area (Å²) >= 11 is 1.57. The van der Waals surface area contributed by atoms with E-state index in [4.69, 9.17) is 0 Å². The Kier molecular flexibility index (Phi) is 7.01. The lowest BCUT2D eigenvalue weighted by molar-refractivity contribution is -0.118. The molecule has 0 fully saturated rings. The van der Waals surface area contributed by atoms with Gasteiger partial charge in [-0.2, -0.15) is 0 Å². The van der Waals surface area contributed by atoms with Crippen molar-refractivity contribution in [3.05, 3.63) is 60.2 Å². The first-order chi connectivity index (χ1) is 11.2. The molecule has 0 saturated carbocycles. The Morgan fingerprint density at radius 2 is 1.91 bits per heavy atom. The Bertz CT molecular complexity index is 616. The summed E-state index contributed by atoms with van der Waals surface area (Å²) in [6.07, 6.45) is 0. The Morgan fingerprint density at radius 3 is 2.61 bits per heavy atom. The number of thioether (sulfide) groups is 1. The predicted molar refractivity (Wildman–Crippen MR) is 99.2 cm³/mol. The van der Waals surface area contributed by atoms with E-state index in [2.05, 4.69) is 48.3 Å². The number of rotatable bonds is 8. The highest BCUT2D eigenvalue weighted by Gasteiger charge is 2.06. The molecule has 1 N–H and O–H groups in total. The minimum atomic E-state index is 0.0825. The van der Waals surface area contributed by atoms with Crippen molar-refractivity contribution in [1.82, 2.24) is 5.32 Å². The van der Waals surface area contributed by atoms with Gasteiger partial charge in [0.05, 0.1) is 5.75 Å². The largest absolute Gasteiger partial charge is 0.370 e. The molecule has 0 unspecified atom stereocenters. The molecule has 0 saturated heterocycles. The highest BCUT2D eigenvalue weighted by atomic mass is 32.2. The van der Waals surface area contributed by atoms with Crippen LogP contribution in [0, 0.1) is 6.92 Å². The van der Waals surface area contributed by atoms with Crippen molar-refractivity contribution in [3.8, 4) is 0 Å². The van der Waals surface area contributed by atoms with Gasteiger partial charge in [0.15, 0.2) is 0 Å². The van der Waals surface area contributed by atoms with Gasteiger partial charge in [-0.15, -0.1) is 11.8 Å². The molecular formula is C19H24N2OS. The number of amides is 1. The SMILES string of the molecule is CCN(CCNC(=O)CSc1ccccc1)c1cccc(C)c1. The second-order valence-electron chi connectivity index (χ2n) is 5.37. The number of nitrogens with zero attached hydrogens (tertiary/aromatic N) is 1. The van der Waals surface area contributed by atoms with Gasteiger partial charge in [-0.05, 0) is 43.7 Å². The normalized spacial score (nSPS) is 10.3. The smallest absolute Gasteiger partial charge is 0.230 e. The summed E-state index contributed by atoms with van der Waals surface area (Å²) in [5, 5.41) is 3.00. The van der Waals surface area contributed by atoms with Crippen LogP contribution in [0.25, 0.3) is 0 Å². The molecule has 0 bridgehead atoms. The number of aryl methyl sites for hydroxylation is 1. The number of hydrogen-bond acceptors (Lipinski definition) is 3. The number of nitrogens with one attached hydrogen (secondary N) is 1. The summed E-state index contributed by atoms with van der Waals surface area (Å²) in [6, 6.07) is 18.5. The number of benzene rings is 2. The summed E-state index contributed by atoms with van der Waals surface area (Å²) < 4.78 is 0. The Balaban J connectivity index is 1.73. The maximum atomic E-state index is 11.9. The third-order valence-corrected chi connectivity index (χ3v) is 4.58. The second-order valence-corrected chi connectivity index (χ2v) is 6.42. The minimum absolute atomic E-state index is 0.0825. The fourth-order valence-electron chi connectivity index (χ4n) is 2.34. The van der Waals surface area contributed by atoms with Crippen LogP contribution in [0.1, 0.15) is 12.5 Å². The van der Waals surface area contributed by atoms with E-state index in [1.807, 2.05) is 30.3 Å². The molecule has 0 aliphatic rings. The van der Waals surface area contributed by atoms with Crippen LogP contribution in [0.5, 0.6) is 0 Å². The van der Waals surface area contributed by atoms with Crippen LogP contribution in [0.4, 0.5) is 5.69 Å². The lowest BCUT2D eigenvalue weighted by Crippen LogP contribution is -2.35. The minimum Gasteiger partial charge on any atom is -0.370 e. The predicted octanol–water partition coefficient (Wildman–Crippen LogP) is 3.73. The van der Waals surface area contributed by atoms with Crippen molar-refractivity contribution in [2.45, 2.75) is 18.7 Å². The maximum absolute atomic E-state index is 11.9. The van der Waals surface area contributed by atoms with E-state index in [0.717, 1.165) is 18.0 Å². The quantitative estimate of drug-likeness (QED) is 0.750. The molecule has 0 radical (unpaired) electrons. The fraction of sp³-hybridized carbons (Fsp3) is 0.316. The van der Waals surface area contributed by atoms with E-state index < -0.39 is 0 Å². The third kappa shape index (κ3) is 5.99. The van der Waals surface area contributed by atoms with Crippen molar-refractivity contribution >= 4 is 23.4 Å². The molecule has 0 spiro atoms. The van der Waals surface area contributed by atoms with Gasteiger partial charge in [-0.1, -0.05) is 30.3 Å². The van der Waals surface area contributed by atoms with Crippen LogP contribution < -0.4 is 10.2 Å². The number of anilines is 1. The standard InChI is InChI=1S/C19H24N2OS/c1-3-21(17-9-7-8-16(2)14-17)13-12-20-19(22)15-23-18-10-5-4-6-11-18/h4-11,14H,3,12-13,15H2,1-2H3,(H,20,22). The molecule has 0 heterocycles. The zero-order valence-corrected chi connectivity index (χ0v) is 14.6. The first-order valence-corrected chi connectivity index (χ1v) is 8.93. The van der Waals surface area contributed by atoms with Gasteiger partial charge in [0.1, 0.15) is 0 Å². The van der Waals surface area contributed by atoms with Crippen LogP contribution in [0.15, 0.2) is 59.5 Å². The summed E-state index contributed by atoms with van der Waals surface area (Å²) in [4.78, 5) is 15.3. The van der Waals surface area contributed by atoms with Crippen molar-refractivity contribution in [2.24, 2.45) is 0 Å². The van der Waals surface area contributed by atoms with E-state index in [-0.39, 0.29) is 5.91 Å². The number of likely N-dealkylation sites (N-methyl/N-ethyl adjacent to an activating group) is 1. The van der Waals surface area contributed by atoms with Crippen LogP contribution in [0.2, 0.25) is 0 Å². The number of hydrogen-bond donors (Lipinski definition) is 1. The van der Waals surface area contributed by atoms with Crippen molar-refractivity contribution < 1.29 is 4.79 Å². The van der Waals surface area contributed by atoms with Crippen molar-refractivity contribution in [2.75, 3.05) is 30.3 Å². The first kappa shape index (κ1) is 17.4. The molecule has 0 aliphatic carbocycles. The number of carbonyl (C=O) groups is 1. The Morgan fingerprint density at radius 1 is 1.13 bits per heavy atom. The second kappa shape index (κ2) is 9.26. The van der Waals surface area contributed by atoms with Gasteiger partial charge in [0.25, 0.3) is 0 Å². The Hall–Kier alpha value is -1.94. The van der Waals surface area contributed by atoms with Gasteiger partial charge < -0.3 is 10.2 Å². The molecule has 3 nitrogen and oxygen atoms in total. The van der Waals surface area contributed by atoms with E-state index in [0.29, 0.717) is 12.3 Å². The molecule has 2 rings (SSSR count). The van der Waals surface area contributed by atoms with E-state index in [9.17, 15) is 4.79 Å². The average Bonchev–Trinajstić information content (AvgIpc) is 2.58. The van der Waals surface area contributed by atoms with E-state index in [1.54, 1.807) is 11.8 Å². The highest BCUT2D eigenvalue weighted by molar-refractivity contribution is 8.00. The summed E-state index contributed by atoms with van der Waals surface area (Å²) in [6.45, 7) is 6.64. The van der Waals surface area contributed by atoms with Gasteiger partial charge in [-0.25, -0.2) is 0 Å². The van der Waals surface area contributed by atoms with Crippen molar-refractivity contribution in [3.63, 3.8) is 0 Å². The van der Waals surface area contributed by atoms with Crippen molar-refractivity contribution in [1.29, 1.82) is 0 Å². The van der Waals surface area contributed by atoms with Crippen LogP contribution in [0.3, 0.4) is 0 Å². The molecule has 1 amide bonds. The van der Waals surface area contributed by atoms with Gasteiger partial charge in [0.2, 0.25) is 5.91 Å². The van der Waals surface area contributed by atoms with Crippen LogP contribution in [-0.2, 0) is 4.79 Å². The summed E-state index contributed by atoms with van der Waals surface area (Å²) in [7, 11) is 0. The monoisotopic (exact) mass is 328 g/mol. The Labute approximate surface area is 143 Å². The molecule has 2 aromatic rings. The molecule has 23 heavy (non-hydrogen) atoms. The highest BCUT2D eigenvalue weighted by Crippen LogP contribution is 2.16. The molecule has 0 aromatic heterocycles. The molecule has 0 atom stereocenters. The lowest BCUT2D eigenvalue weighted by Gasteiger charge is -2.23. The average molecular weight is 328 g/mol. The third-order valence-electron chi connectivity index (χ3n) is 3.57. The van der Waals surface area contributed by atoms with Gasteiger partial charge in [0, 0.05) is 30.2 Å². The van der Waals surface area contributed by atoms with Crippen LogP contribution in [-0.4, -0.2) is 31.3 Å². The van der Waals surface area contributed by atoms with Gasteiger partial charge in [-0.3, -0.25) is 4.79 Å². The lowest BCUT2D eigenvalue weighted by atomic mass is 10.2. The fourth-order valence-corrected chi connectivity index (χ4v) is 3.09. The van der Waals surface area contributed by atoms with Gasteiger partial charge >= 0.3 is 0 Å². The molecule has 122 valence electrons. The first-order valence-electron chi connectivity index (χ1n) is 7.95. The van der Waals surface area contributed by atoms with Crippen LogP contribution >= 0.6 is 11.8 Å². The summed E-state index contributed by atoms with van der Waals surface area (Å²) in [5.41, 5.74) is 2.46. The summed E-state index contributed by atoms with van der Waals surface area (Å²) in [5.74, 6) is 0.541. The van der Waals surface area contributed by atoms with E-state index >= 15 is 0 Å². The maximum Gasteiger partial charge on any atom is 0.230 e. The molecule has 2 aromatic carbocycles. The molecule has 4 heteroatoms. The number of carbonyl (C=O) groups excluding carboxylic acids is 1. The zero-order chi connectivity index (χ0) is 16.5. The topological polar surface area (TPSA) is 32.3 Å². The zero-order valence-electron chi connectivity index (χ0n) is 13.8. The van der Waals surface area contributed by atoms with E-state index in [1.165, 1.54) is 11.3 Å². The molecular weight excluding hydrogens is 304 g/mol.